The lowest BCUT2D eigenvalue weighted by molar-refractivity contribution is 0.0733. The Bertz CT molecular complexity index is 519. The van der Waals surface area contributed by atoms with Gasteiger partial charge in [-0.1, -0.05) is 31.2 Å². The molecule has 0 aliphatic rings. The van der Waals surface area contributed by atoms with Crippen molar-refractivity contribution in [2.75, 3.05) is 0 Å². The van der Waals surface area contributed by atoms with Crippen LogP contribution in [0.1, 0.15) is 43.1 Å². The number of carbonyl (C=O) groups is 1. The average Bonchev–Trinajstić information content (AvgIpc) is 2.38. The fourth-order valence-electron chi connectivity index (χ4n) is 1.43. The van der Waals surface area contributed by atoms with E-state index >= 15 is 0 Å². The smallest absolute Gasteiger partial charge is 0.285 e. The molecule has 0 spiro atoms. The molecule has 0 aliphatic heterocycles. The fraction of sp³-hybridized carbons (Fsp3) is 0.357. The van der Waals surface area contributed by atoms with Gasteiger partial charge in [0.05, 0.1) is 5.71 Å². The molecule has 3 nitrogen and oxygen atoms in total. The van der Waals surface area contributed by atoms with Gasteiger partial charge in [0.2, 0.25) is 0 Å². The van der Waals surface area contributed by atoms with Crippen molar-refractivity contribution in [3.63, 3.8) is 0 Å². The van der Waals surface area contributed by atoms with Gasteiger partial charge in [0.15, 0.2) is 11.6 Å². The number of rotatable bonds is 4. The molecule has 0 amide bonds. The third-order valence-corrected chi connectivity index (χ3v) is 2.82. The van der Waals surface area contributed by atoms with Gasteiger partial charge < -0.3 is 0 Å². The first-order valence-electron chi connectivity index (χ1n) is 5.91. The van der Waals surface area contributed by atoms with Crippen molar-refractivity contribution >= 4 is 17.3 Å². The van der Waals surface area contributed by atoms with Crippen molar-refractivity contribution in [3.8, 4) is 0 Å². The topological polar surface area (TPSA) is 53.3 Å². The Hall–Kier alpha value is -1.91. The number of hydrogen-bond acceptors (Lipinski definition) is 2. The van der Waals surface area contributed by atoms with Crippen molar-refractivity contribution in [2.24, 2.45) is 4.99 Å². The van der Waals surface area contributed by atoms with Crippen LogP contribution in [0.4, 0.5) is 8.78 Å². The van der Waals surface area contributed by atoms with Gasteiger partial charge in [0.25, 0.3) is 5.92 Å². The molecule has 1 N–H and O–H groups in total. The lowest BCUT2D eigenvalue weighted by Gasteiger charge is -2.13. The maximum Gasteiger partial charge on any atom is 0.285 e. The summed E-state index contributed by atoms with van der Waals surface area (Å²) >= 11 is 0. The number of aliphatic imine (C=N–C) groups is 1. The number of nitrogens with zero attached hydrogens (tertiary/aromatic N) is 1. The Kier molecular flexibility index (Phi) is 4.64. The third kappa shape index (κ3) is 3.77. The molecule has 0 radical (unpaired) electrons. The highest BCUT2D eigenvalue weighted by atomic mass is 19.3. The van der Waals surface area contributed by atoms with Crippen molar-refractivity contribution in [3.05, 3.63) is 35.4 Å². The Morgan fingerprint density at radius 3 is 2.11 bits per heavy atom. The molecule has 0 bridgehead atoms. The molecule has 0 atom stereocenters. The summed E-state index contributed by atoms with van der Waals surface area (Å²) in [6, 6.07) is 6.16. The van der Waals surface area contributed by atoms with Crippen LogP contribution in [-0.2, 0) is 0 Å². The van der Waals surface area contributed by atoms with E-state index in [1.807, 2.05) is 0 Å². The molecule has 19 heavy (non-hydrogen) atoms. The number of alkyl halides is 2. The van der Waals surface area contributed by atoms with Crippen LogP contribution in [0.25, 0.3) is 0 Å². The first kappa shape index (κ1) is 15.1. The molecular weight excluding hydrogens is 250 g/mol. The predicted octanol–water partition coefficient (Wildman–Crippen LogP) is 3.72. The summed E-state index contributed by atoms with van der Waals surface area (Å²) in [6.45, 7) is 4.01. The molecule has 1 rings (SSSR count). The highest BCUT2D eigenvalue weighted by Gasteiger charge is 2.30. The summed E-state index contributed by atoms with van der Waals surface area (Å²) in [7, 11) is 0. The van der Waals surface area contributed by atoms with Crippen LogP contribution in [0.2, 0.25) is 0 Å². The molecule has 5 heteroatoms. The molecule has 0 aliphatic carbocycles. The van der Waals surface area contributed by atoms with Gasteiger partial charge in [0, 0.05) is 17.5 Å². The van der Waals surface area contributed by atoms with Crippen LogP contribution in [-0.4, -0.2) is 23.3 Å². The molecule has 102 valence electrons. The molecule has 0 saturated heterocycles. The summed E-state index contributed by atoms with van der Waals surface area (Å²) < 4.78 is 26.6. The maximum atomic E-state index is 13.3. The summed E-state index contributed by atoms with van der Waals surface area (Å²) in [5, 5.41) is 7.69. The minimum absolute atomic E-state index is 0.0877. The number of ketones is 1. The summed E-state index contributed by atoms with van der Waals surface area (Å²) in [5.74, 6) is -3.32. The molecular formula is C14H16F2N2O. The van der Waals surface area contributed by atoms with Crippen LogP contribution < -0.4 is 0 Å². The second kappa shape index (κ2) is 5.82. The molecule has 1 aromatic carbocycles. The van der Waals surface area contributed by atoms with Crippen molar-refractivity contribution < 1.29 is 13.6 Å². The predicted molar refractivity (Wildman–Crippen MR) is 71.6 cm³/mol. The monoisotopic (exact) mass is 266 g/mol. The number of Topliss-reactive ketones (excluding diaryl/α,β-unsaturated/α-hetero) is 1. The first-order valence-corrected chi connectivity index (χ1v) is 5.91. The van der Waals surface area contributed by atoms with E-state index in [2.05, 4.69) is 4.99 Å². The van der Waals surface area contributed by atoms with E-state index in [9.17, 15) is 13.6 Å². The molecule has 0 aromatic heterocycles. The summed E-state index contributed by atoms with van der Waals surface area (Å²) in [6.07, 6.45) is -0.348. The first-order chi connectivity index (χ1) is 8.77. The number of amidine groups is 1. The van der Waals surface area contributed by atoms with E-state index in [1.54, 1.807) is 12.1 Å². The standard InChI is InChI=1S/C14H16F2N2O/c1-4-14(15,16)10(3)18-13(17)12-7-5-11(6-8-12)9(2)19/h5-8,17H,4H2,1-3H3. The number of halogens is 2. The summed E-state index contributed by atoms with van der Waals surface area (Å²) in [5.41, 5.74) is 0.531. The lowest BCUT2D eigenvalue weighted by Crippen LogP contribution is -2.26. The quantitative estimate of drug-likeness (QED) is 0.504. The van der Waals surface area contributed by atoms with Crippen LogP contribution in [0.5, 0.6) is 0 Å². The third-order valence-electron chi connectivity index (χ3n) is 2.82. The van der Waals surface area contributed by atoms with Gasteiger partial charge in [0.1, 0.15) is 0 Å². The van der Waals surface area contributed by atoms with Gasteiger partial charge in [-0.25, -0.2) is 13.8 Å². The van der Waals surface area contributed by atoms with E-state index in [1.165, 1.54) is 32.9 Å². The summed E-state index contributed by atoms with van der Waals surface area (Å²) in [4.78, 5) is 14.7. The zero-order valence-electron chi connectivity index (χ0n) is 11.1. The highest BCUT2D eigenvalue weighted by molar-refractivity contribution is 6.07. The van der Waals surface area contributed by atoms with Gasteiger partial charge in [-0.15, -0.1) is 0 Å². The maximum absolute atomic E-state index is 13.3. The minimum atomic E-state index is -2.99. The van der Waals surface area contributed by atoms with Gasteiger partial charge in [-0.3, -0.25) is 10.2 Å². The van der Waals surface area contributed by atoms with Crippen molar-refractivity contribution in [1.82, 2.24) is 0 Å². The molecule has 1 aromatic rings. The largest absolute Gasteiger partial charge is 0.295 e. The normalized spacial score (nSPS) is 12.4. The number of carbonyl (C=O) groups excluding carboxylic acids is 1. The van der Waals surface area contributed by atoms with Gasteiger partial charge >= 0.3 is 0 Å². The lowest BCUT2D eigenvalue weighted by atomic mass is 10.1. The fourth-order valence-corrected chi connectivity index (χ4v) is 1.43. The van der Waals surface area contributed by atoms with Crippen LogP contribution in [0.15, 0.2) is 29.3 Å². The zero-order chi connectivity index (χ0) is 14.6. The Balaban J connectivity index is 2.96. The second-order valence-electron chi connectivity index (χ2n) is 4.24. The van der Waals surface area contributed by atoms with E-state index in [-0.39, 0.29) is 23.8 Å². The van der Waals surface area contributed by atoms with Crippen LogP contribution in [0.3, 0.4) is 0 Å². The Morgan fingerprint density at radius 2 is 1.68 bits per heavy atom. The average molecular weight is 266 g/mol. The van der Waals surface area contributed by atoms with Crippen LogP contribution >= 0.6 is 0 Å². The molecule has 0 heterocycles. The SMILES string of the molecule is CCC(F)(F)C(C)=NC(=N)c1ccc(C(C)=O)cc1. The van der Waals surface area contributed by atoms with Gasteiger partial charge in [-0.05, 0) is 13.8 Å². The van der Waals surface area contributed by atoms with Crippen molar-refractivity contribution in [1.29, 1.82) is 5.41 Å². The molecule has 0 fully saturated rings. The Labute approximate surface area is 110 Å². The zero-order valence-corrected chi connectivity index (χ0v) is 11.1. The van der Waals surface area contributed by atoms with E-state index in [4.69, 9.17) is 5.41 Å². The van der Waals surface area contributed by atoms with Gasteiger partial charge in [-0.2, -0.15) is 0 Å². The second-order valence-corrected chi connectivity index (χ2v) is 4.24. The number of nitrogens with one attached hydrogen (secondary N) is 1. The van der Waals surface area contributed by atoms with Crippen LogP contribution in [0, 0.1) is 5.41 Å². The Morgan fingerprint density at radius 1 is 1.21 bits per heavy atom. The highest BCUT2D eigenvalue weighted by Crippen LogP contribution is 2.20. The minimum Gasteiger partial charge on any atom is -0.295 e. The van der Waals surface area contributed by atoms with E-state index in [0.717, 1.165) is 0 Å². The van der Waals surface area contributed by atoms with E-state index in [0.29, 0.717) is 11.1 Å². The number of benzene rings is 1. The van der Waals surface area contributed by atoms with Crippen molar-refractivity contribution in [2.45, 2.75) is 33.1 Å². The molecule has 0 saturated carbocycles. The van der Waals surface area contributed by atoms with E-state index < -0.39 is 5.92 Å². The molecule has 0 unspecified atom stereocenters. The number of hydrogen-bond donors (Lipinski definition) is 1.